The highest BCUT2D eigenvalue weighted by Gasteiger charge is 2.64. The molecule has 0 radical (unpaired) electrons. The number of esters is 1. The first kappa shape index (κ1) is 18.4. The van der Waals surface area contributed by atoms with Gasteiger partial charge in [-0.1, -0.05) is 0 Å². The molecule has 2 aliphatic heterocycles. The van der Waals surface area contributed by atoms with E-state index in [1.807, 2.05) is 0 Å². The van der Waals surface area contributed by atoms with Crippen molar-refractivity contribution in [3.63, 3.8) is 0 Å². The van der Waals surface area contributed by atoms with Gasteiger partial charge in [-0.05, 0) is 0 Å². The normalized spacial score (nSPS) is 51.4. The van der Waals surface area contributed by atoms with Gasteiger partial charge in [0.15, 0.2) is 17.8 Å². The smallest absolute Gasteiger partial charge is 0.338 e. The molecule has 2 saturated heterocycles. The minimum Gasteiger partial charge on any atom is -0.455 e. The molecule has 134 valence electrons. The van der Waals surface area contributed by atoms with E-state index in [1.165, 1.54) is 0 Å². The zero-order valence-electron chi connectivity index (χ0n) is 11.8. The number of carbonyl (C=O) groups is 1. The number of hydrogen-bond donors (Lipinski definition) is 8. The van der Waals surface area contributed by atoms with Crippen LogP contribution in [0.15, 0.2) is 0 Å². The number of hydrogen-bond acceptors (Lipinski definition) is 11. The number of ether oxygens (including phenoxy) is 2. The highest BCUT2D eigenvalue weighted by atomic mass is 16.6. The van der Waals surface area contributed by atoms with Crippen LogP contribution in [0, 0.1) is 0 Å². The zero-order valence-corrected chi connectivity index (χ0v) is 11.8. The van der Waals surface area contributed by atoms with Crippen molar-refractivity contribution < 1.29 is 55.1 Å². The van der Waals surface area contributed by atoms with Crippen molar-refractivity contribution in [2.75, 3.05) is 13.2 Å². The molecule has 0 spiro atoms. The van der Waals surface area contributed by atoms with Crippen molar-refractivity contribution in [2.24, 2.45) is 0 Å². The Hall–Kier alpha value is -0.890. The van der Waals surface area contributed by atoms with Gasteiger partial charge in [-0.3, -0.25) is 0 Å². The van der Waals surface area contributed by atoms with Gasteiger partial charge in [0.2, 0.25) is 0 Å². The van der Waals surface area contributed by atoms with Crippen LogP contribution in [-0.4, -0.2) is 114 Å². The maximum atomic E-state index is 11.4. The third kappa shape index (κ3) is 2.73. The van der Waals surface area contributed by atoms with Gasteiger partial charge in [-0.2, -0.15) is 0 Å². The largest absolute Gasteiger partial charge is 0.455 e. The molecule has 2 fully saturated rings. The average molecular weight is 340 g/mol. The van der Waals surface area contributed by atoms with E-state index < -0.39 is 73.6 Å². The topological polar surface area (TPSA) is 197 Å². The third-order valence-electron chi connectivity index (χ3n) is 4.30. The van der Waals surface area contributed by atoms with Gasteiger partial charge in [0.05, 0.1) is 13.2 Å². The van der Waals surface area contributed by atoms with Crippen molar-refractivity contribution in [3.05, 3.63) is 0 Å². The summed E-state index contributed by atoms with van der Waals surface area (Å²) in [7, 11) is 0. The molecule has 2 rings (SSSR count). The van der Waals surface area contributed by atoms with Crippen molar-refractivity contribution in [2.45, 2.75) is 54.4 Å². The summed E-state index contributed by atoms with van der Waals surface area (Å²) >= 11 is 0. The van der Waals surface area contributed by atoms with Crippen LogP contribution < -0.4 is 0 Å². The fourth-order valence-electron chi connectivity index (χ4n) is 2.90. The fourth-order valence-corrected chi connectivity index (χ4v) is 2.90. The van der Waals surface area contributed by atoms with Crippen LogP contribution in [0.2, 0.25) is 0 Å². The van der Waals surface area contributed by atoms with Crippen LogP contribution in [0.25, 0.3) is 0 Å². The first-order valence-corrected chi connectivity index (χ1v) is 6.90. The van der Waals surface area contributed by atoms with Gasteiger partial charge in [0.25, 0.3) is 0 Å². The highest BCUT2D eigenvalue weighted by Crippen LogP contribution is 2.37. The predicted molar refractivity (Wildman–Crippen MR) is 67.7 cm³/mol. The van der Waals surface area contributed by atoms with Crippen molar-refractivity contribution in [1.29, 1.82) is 0 Å². The lowest BCUT2D eigenvalue weighted by Gasteiger charge is -2.52. The molecule has 0 amide bonds. The first-order valence-electron chi connectivity index (χ1n) is 6.90. The Bertz CT molecular complexity index is 439. The van der Waals surface area contributed by atoms with E-state index in [9.17, 15) is 40.5 Å². The van der Waals surface area contributed by atoms with E-state index in [-0.39, 0.29) is 0 Å². The summed E-state index contributed by atoms with van der Waals surface area (Å²) in [6.45, 7) is -1.78. The quantitative estimate of drug-likeness (QED) is 0.228. The molecule has 11 heteroatoms. The van der Waals surface area contributed by atoms with Crippen LogP contribution >= 0.6 is 0 Å². The average Bonchev–Trinajstić information content (AvgIpc) is 2.54. The first-order chi connectivity index (χ1) is 10.7. The monoisotopic (exact) mass is 340 g/mol. The van der Waals surface area contributed by atoms with E-state index in [0.717, 1.165) is 0 Å². The molecule has 9 atom stereocenters. The molecule has 2 heterocycles. The van der Waals surface area contributed by atoms with Gasteiger partial charge in [-0.25, -0.2) is 4.79 Å². The standard InChI is InChI=1S/C12H20O11/c13-1-3-5(15)6(16)7(17)10(22-3)12(21)4(2-14)23-11(20)8(18)9(12)19/h3-10,13-19,21H,1-2H2/t3-,4-,5-,6+,7+,8-,9-,10-,12-/m1/s1. The van der Waals surface area contributed by atoms with E-state index in [4.69, 9.17) is 9.84 Å². The van der Waals surface area contributed by atoms with Gasteiger partial charge in [0, 0.05) is 0 Å². The molecule has 23 heavy (non-hydrogen) atoms. The molecular weight excluding hydrogens is 320 g/mol. The lowest BCUT2D eigenvalue weighted by molar-refractivity contribution is -0.323. The van der Waals surface area contributed by atoms with Crippen molar-refractivity contribution >= 4 is 5.97 Å². The fraction of sp³-hybridized carbons (Fsp3) is 0.917. The Balaban J connectivity index is 2.40. The van der Waals surface area contributed by atoms with E-state index in [1.54, 1.807) is 0 Å². The summed E-state index contributed by atoms with van der Waals surface area (Å²) in [5.41, 5.74) is -2.70. The summed E-state index contributed by atoms with van der Waals surface area (Å²) in [4.78, 5) is 11.4. The molecule has 2 aliphatic rings. The van der Waals surface area contributed by atoms with Crippen LogP contribution in [0.5, 0.6) is 0 Å². The predicted octanol–water partition coefficient (Wildman–Crippen LogP) is -5.80. The van der Waals surface area contributed by atoms with Crippen molar-refractivity contribution in [1.82, 2.24) is 0 Å². The van der Waals surface area contributed by atoms with E-state index >= 15 is 0 Å². The molecule has 0 saturated carbocycles. The highest BCUT2D eigenvalue weighted by molar-refractivity contribution is 5.77. The van der Waals surface area contributed by atoms with Crippen LogP contribution in [0.1, 0.15) is 0 Å². The second-order valence-electron chi connectivity index (χ2n) is 5.63. The van der Waals surface area contributed by atoms with E-state index in [2.05, 4.69) is 4.74 Å². The molecule has 0 unspecified atom stereocenters. The maximum absolute atomic E-state index is 11.4. The molecule has 0 aromatic carbocycles. The molecule has 11 nitrogen and oxygen atoms in total. The summed E-state index contributed by atoms with van der Waals surface area (Å²) in [6.07, 6.45) is -15.0. The lowest BCUT2D eigenvalue weighted by atomic mass is 9.75. The molecule has 0 aliphatic carbocycles. The van der Waals surface area contributed by atoms with Gasteiger partial charge in [-0.15, -0.1) is 0 Å². The van der Waals surface area contributed by atoms with Crippen molar-refractivity contribution in [3.8, 4) is 0 Å². The number of aliphatic hydroxyl groups excluding tert-OH is 7. The number of carbonyl (C=O) groups excluding carboxylic acids is 1. The number of rotatable bonds is 3. The third-order valence-corrected chi connectivity index (χ3v) is 4.30. The zero-order chi connectivity index (χ0) is 17.5. The van der Waals surface area contributed by atoms with Crippen LogP contribution in [0.3, 0.4) is 0 Å². The summed E-state index contributed by atoms with van der Waals surface area (Å²) < 4.78 is 9.75. The number of aliphatic hydroxyl groups is 8. The lowest BCUT2D eigenvalue weighted by Crippen LogP contribution is -2.76. The summed E-state index contributed by atoms with van der Waals surface area (Å²) in [5.74, 6) is -1.30. The maximum Gasteiger partial charge on any atom is 0.338 e. The Morgan fingerprint density at radius 3 is 2.09 bits per heavy atom. The minimum atomic E-state index is -2.70. The minimum absolute atomic E-state index is 0.792. The van der Waals surface area contributed by atoms with Gasteiger partial charge >= 0.3 is 5.97 Å². The van der Waals surface area contributed by atoms with Crippen LogP contribution in [0.4, 0.5) is 0 Å². The summed E-state index contributed by atoms with van der Waals surface area (Å²) in [6, 6.07) is 0. The molecule has 0 aromatic heterocycles. The Labute approximate surface area is 129 Å². The van der Waals surface area contributed by atoms with Gasteiger partial charge in [0.1, 0.15) is 36.6 Å². The SMILES string of the molecule is O=C1O[C@H](CO)[C@](O)([C@@H]2O[C@H](CO)[C@@H](O)[C@H](O)[C@@H]2O)[C@H](O)[C@H]1O. The second-order valence-corrected chi connectivity index (χ2v) is 5.63. The van der Waals surface area contributed by atoms with Crippen LogP contribution in [-0.2, 0) is 14.3 Å². The Morgan fingerprint density at radius 2 is 1.57 bits per heavy atom. The Kier molecular flexibility index (Phi) is 5.25. The molecule has 0 aromatic rings. The summed E-state index contributed by atoms with van der Waals surface area (Å²) in [5, 5.41) is 78.3. The number of cyclic esters (lactones) is 1. The molecule has 8 N–H and O–H groups in total. The van der Waals surface area contributed by atoms with Gasteiger partial charge < -0.3 is 50.3 Å². The molecular formula is C12H20O11. The van der Waals surface area contributed by atoms with E-state index in [0.29, 0.717) is 0 Å². The molecule has 0 bridgehead atoms. The Morgan fingerprint density at radius 1 is 0.957 bits per heavy atom. The second kappa shape index (κ2) is 6.55.